The van der Waals surface area contributed by atoms with Crippen LogP contribution in [-0.4, -0.2) is 14.9 Å². The van der Waals surface area contributed by atoms with Crippen molar-refractivity contribution in [3.05, 3.63) is 40.7 Å². The maximum absolute atomic E-state index is 9.88. The standard InChI is InChI=1S/C16H23N3O/c1-10(2)19-13(5)16(12(4)18-19)17-9-14-8-11(3)6-7-15(14)20/h6-8,10,17,20H,9H2,1-5H3. The molecule has 0 aliphatic carbocycles. The third-order valence-corrected chi connectivity index (χ3v) is 3.50. The fourth-order valence-corrected chi connectivity index (χ4v) is 2.46. The molecule has 0 atom stereocenters. The molecule has 0 bridgehead atoms. The minimum absolute atomic E-state index is 0.328. The highest BCUT2D eigenvalue weighted by molar-refractivity contribution is 5.53. The van der Waals surface area contributed by atoms with Gasteiger partial charge in [-0.3, -0.25) is 4.68 Å². The Hall–Kier alpha value is -1.97. The Kier molecular flexibility index (Phi) is 4.02. The number of rotatable bonds is 4. The molecule has 1 aromatic carbocycles. The molecule has 0 radical (unpaired) electrons. The Morgan fingerprint density at radius 2 is 1.95 bits per heavy atom. The molecule has 0 unspecified atom stereocenters. The van der Waals surface area contributed by atoms with E-state index in [0.717, 1.165) is 28.2 Å². The van der Waals surface area contributed by atoms with Crippen molar-refractivity contribution >= 4 is 5.69 Å². The third-order valence-electron chi connectivity index (χ3n) is 3.50. The zero-order chi connectivity index (χ0) is 14.9. The van der Waals surface area contributed by atoms with Gasteiger partial charge in [-0.15, -0.1) is 0 Å². The van der Waals surface area contributed by atoms with E-state index in [-0.39, 0.29) is 0 Å². The van der Waals surface area contributed by atoms with Gasteiger partial charge in [0, 0.05) is 18.2 Å². The quantitative estimate of drug-likeness (QED) is 0.893. The Labute approximate surface area is 120 Å². The van der Waals surface area contributed by atoms with Gasteiger partial charge < -0.3 is 10.4 Å². The molecule has 20 heavy (non-hydrogen) atoms. The second-order valence-electron chi connectivity index (χ2n) is 5.57. The van der Waals surface area contributed by atoms with E-state index in [1.807, 2.05) is 30.7 Å². The molecule has 108 valence electrons. The summed E-state index contributed by atoms with van der Waals surface area (Å²) in [4.78, 5) is 0. The van der Waals surface area contributed by atoms with Gasteiger partial charge in [0.15, 0.2) is 0 Å². The summed E-state index contributed by atoms with van der Waals surface area (Å²) in [6, 6.07) is 5.99. The maximum Gasteiger partial charge on any atom is 0.120 e. The lowest BCUT2D eigenvalue weighted by molar-refractivity contribution is 0.469. The second-order valence-corrected chi connectivity index (χ2v) is 5.57. The molecule has 0 amide bonds. The van der Waals surface area contributed by atoms with Crippen LogP contribution in [-0.2, 0) is 6.54 Å². The van der Waals surface area contributed by atoms with Crippen LogP contribution in [0.25, 0.3) is 0 Å². The predicted octanol–water partition coefficient (Wildman–Crippen LogP) is 3.71. The van der Waals surface area contributed by atoms with Gasteiger partial charge in [-0.1, -0.05) is 17.7 Å². The average Bonchev–Trinajstić information content (AvgIpc) is 2.67. The number of anilines is 1. The lowest BCUT2D eigenvalue weighted by Gasteiger charge is -2.11. The van der Waals surface area contributed by atoms with Crippen LogP contribution in [0.2, 0.25) is 0 Å². The smallest absolute Gasteiger partial charge is 0.120 e. The van der Waals surface area contributed by atoms with Gasteiger partial charge in [0.05, 0.1) is 17.1 Å². The number of nitrogens with one attached hydrogen (secondary N) is 1. The van der Waals surface area contributed by atoms with Crippen LogP contribution < -0.4 is 5.32 Å². The molecule has 4 heteroatoms. The molecule has 0 saturated heterocycles. The Morgan fingerprint density at radius 1 is 1.25 bits per heavy atom. The summed E-state index contributed by atoms with van der Waals surface area (Å²) in [6.45, 7) is 10.9. The molecule has 0 spiro atoms. The molecular formula is C16H23N3O. The molecule has 0 fully saturated rings. The lowest BCUT2D eigenvalue weighted by atomic mass is 10.1. The van der Waals surface area contributed by atoms with Crippen molar-refractivity contribution in [2.75, 3.05) is 5.32 Å². The number of hydrogen-bond donors (Lipinski definition) is 2. The number of aromatic nitrogens is 2. The molecule has 0 saturated carbocycles. The Balaban J connectivity index is 2.21. The van der Waals surface area contributed by atoms with Crippen molar-refractivity contribution < 1.29 is 5.11 Å². The number of aromatic hydroxyl groups is 1. The van der Waals surface area contributed by atoms with Crippen LogP contribution >= 0.6 is 0 Å². The van der Waals surface area contributed by atoms with E-state index in [4.69, 9.17) is 0 Å². The van der Waals surface area contributed by atoms with Crippen molar-refractivity contribution in [1.82, 2.24) is 9.78 Å². The lowest BCUT2D eigenvalue weighted by Crippen LogP contribution is -2.06. The number of phenols is 1. The first-order valence-electron chi connectivity index (χ1n) is 6.98. The van der Waals surface area contributed by atoms with Crippen molar-refractivity contribution in [3.8, 4) is 5.75 Å². The minimum Gasteiger partial charge on any atom is -0.508 e. The zero-order valence-electron chi connectivity index (χ0n) is 12.9. The van der Waals surface area contributed by atoms with Gasteiger partial charge in [-0.25, -0.2) is 0 Å². The normalized spacial score (nSPS) is 11.1. The first kappa shape index (κ1) is 14.4. The summed E-state index contributed by atoms with van der Waals surface area (Å²) in [5.74, 6) is 0.328. The number of benzene rings is 1. The van der Waals surface area contributed by atoms with E-state index in [0.29, 0.717) is 18.3 Å². The SMILES string of the molecule is Cc1ccc(O)c(CNc2c(C)nn(C(C)C)c2C)c1. The van der Waals surface area contributed by atoms with Gasteiger partial charge in [0.1, 0.15) is 5.75 Å². The first-order chi connectivity index (χ1) is 9.40. The first-order valence-corrected chi connectivity index (χ1v) is 6.98. The third kappa shape index (κ3) is 2.79. The van der Waals surface area contributed by atoms with E-state index in [1.54, 1.807) is 6.07 Å². The summed E-state index contributed by atoms with van der Waals surface area (Å²) >= 11 is 0. The van der Waals surface area contributed by atoms with E-state index >= 15 is 0 Å². The van der Waals surface area contributed by atoms with Crippen LogP contribution in [0.3, 0.4) is 0 Å². The molecule has 4 nitrogen and oxygen atoms in total. The van der Waals surface area contributed by atoms with Crippen molar-refractivity contribution in [2.45, 2.75) is 47.2 Å². The van der Waals surface area contributed by atoms with Crippen molar-refractivity contribution in [3.63, 3.8) is 0 Å². The Morgan fingerprint density at radius 3 is 2.55 bits per heavy atom. The van der Waals surface area contributed by atoms with Gasteiger partial charge in [-0.2, -0.15) is 5.10 Å². The topological polar surface area (TPSA) is 50.1 Å². The van der Waals surface area contributed by atoms with Crippen molar-refractivity contribution in [1.29, 1.82) is 0 Å². The summed E-state index contributed by atoms with van der Waals surface area (Å²) in [5, 5.41) is 17.8. The van der Waals surface area contributed by atoms with Crippen LogP contribution in [0.5, 0.6) is 5.75 Å². The number of aryl methyl sites for hydroxylation is 2. The van der Waals surface area contributed by atoms with E-state index in [2.05, 4.69) is 31.2 Å². The van der Waals surface area contributed by atoms with Crippen molar-refractivity contribution in [2.24, 2.45) is 0 Å². The summed E-state index contributed by atoms with van der Waals surface area (Å²) in [7, 11) is 0. The Bertz CT molecular complexity index is 614. The highest BCUT2D eigenvalue weighted by atomic mass is 16.3. The largest absolute Gasteiger partial charge is 0.508 e. The van der Waals surface area contributed by atoms with Gasteiger partial charge in [-0.05, 0) is 40.7 Å². The molecule has 0 aliphatic heterocycles. The molecule has 0 aliphatic rings. The van der Waals surface area contributed by atoms with Gasteiger partial charge >= 0.3 is 0 Å². The van der Waals surface area contributed by atoms with Gasteiger partial charge in [0.25, 0.3) is 0 Å². The number of hydrogen-bond acceptors (Lipinski definition) is 3. The van der Waals surface area contributed by atoms with E-state index < -0.39 is 0 Å². The molecule has 2 N–H and O–H groups in total. The number of nitrogens with zero attached hydrogens (tertiary/aromatic N) is 2. The monoisotopic (exact) mass is 273 g/mol. The highest BCUT2D eigenvalue weighted by Crippen LogP contribution is 2.25. The predicted molar refractivity (Wildman–Crippen MR) is 82.3 cm³/mol. The molecule has 1 aromatic heterocycles. The average molecular weight is 273 g/mol. The molecule has 1 heterocycles. The van der Waals surface area contributed by atoms with Crippen LogP contribution in [0.15, 0.2) is 18.2 Å². The number of phenolic OH excluding ortho intramolecular Hbond substituents is 1. The minimum atomic E-state index is 0.328. The zero-order valence-corrected chi connectivity index (χ0v) is 12.9. The molecule has 2 aromatic rings. The van der Waals surface area contributed by atoms with Crippen LogP contribution in [0, 0.1) is 20.8 Å². The fourth-order valence-electron chi connectivity index (χ4n) is 2.46. The summed E-state index contributed by atoms with van der Waals surface area (Å²) < 4.78 is 2.02. The summed E-state index contributed by atoms with van der Waals surface area (Å²) in [5.41, 5.74) is 5.22. The molecular weight excluding hydrogens is 250 g/mol. The van der Waals surface area contributed by atoms with Gasteiger partial charge in [0.2, 0.25) is 0 Å². The highest BCUT2D eigenvalue weighted by Gasteiger charge is 2.13. The maximum atomic E-state index is 9.88. The fraction of sp³-hybridized carbons (Fsp3) is 0.438. The molecule has 2 rings (SSSR count). The summed E-state index contributed by atoms with van der Waals surface area (Å²) in [6.07, 6.45) is 0. The van der Waals surface area contributed by atoms with Crippen LogP contribution in [0.4, 0.5) is 5.69 Å². The van der Waals surface area contributed by atoms with E-state index in [1.165, 1.54) is 0 Å². The second kappa shape index (κ2) is 5.57. The van der Waals surface area contributed by atoms with E-state index in [9.17, 15) is 5.11 Å². The van der Waals surface area contributed by atoms with Crippen LogP contribution in [0.1, 0.15) is 42.4 Å².